The third-order valence-corrected chi connectivity index (χ3v) is 5.06. The summed E-state index contributed by atoms with van der Waals surface area (Å²) >= 11 is 5.91. The maximum atomic E-state index is 13.0. The number of aryl methyl sites for hydroxylation is 1. The highest BCUT2D eigenvalue weighted by Gasteiger charge is 2.55. The van der Waals surface area contributed by atoms with Gasteiger partial charge in [0.15, 0.2) is 5.15 Å². The minimum absolute atomic E-state index is 0.138. The van der Waals surface area contributed by atoms with Gasteiger partial charge in [-0.25, -0.2) is 9.78 Å². The minimum Gasteiger partial charge on any atom is -0.322 e. The summed E-state index contributed by atoms with van der Waals surface area (Å²) in [7, 11) is 0. The standard InChI is InChI=1S/C18H15ClN4O3/c19-15-13(6-3-9-20-15)21-14(24)10-23-16(25)18(22-17(23)26)8-7-11-4-1-2-5-12(11)18/h1-6,9H,7-8,10H2,(H,21,24)(H,22,26). The van der Waals surface area contributed by atoms with Crippen LogP contribution in [0.4, 0.5) is 10.5 Å². The Bertz CT molecular complexity index is 932. The summed E-state index contributed by atoms with van der Waals surface area (Å²) < 4.78 is 0. The first-order chi connectivity index (χ1) is 12.5. The summed E-state index contributed by atoms with van der Waals surface area (Å²) in [5.74, 6) is -0.924. The van der Waals surface area contributed by atoms with Crippen molar-refractivity contribution in [1.82, 2.24) is 15.2 Å². The van der Waals surface area contributed by atoms with Crippen molar-refractivity contribution in [3.8, 4) is 0 Å². The van der Waals surface area contributed by atoms with E-state index in [0.29, 0.717) is 18.5 Å². The smallest absolute Gasteiger partial charge is 0.322 e. The predicted molar refractivity (Wildman–Crippen MR) is 94.6 cm³/mol. The van der Waals surface area contributed by atoms with Crippen molar-refractivity contribution in [2.24, 2.45) is 0 Å². The fraction of sp³-hybridized carbons (Fsp3) is 0.222. The first kappa shape index (κ1) is 16.5. The molecule has 0 radical (unpaired) electrons. The van der Waals surface area contributed by atoms with Crippen LogP contribution in [0.2, 0.25) is 5.15 Å². The molecule has 1 aromatic carbocycles. The van der Waals surface area contributed by atoms with Crippen molar-refractivity contribution in [3.63, 3.8) is 0 Å². The van der Waals surface area contributed by atoms with E-state index in [2.05, 4.69) is 15.6 Å². The van der Waals surface area contributed by atoms with Gasteiger partial charge in [-0.2, -0.15) is 0 Å². The number of aromatic nitrogens is 1. The third-order valence-electron chi connectivity index (χ3n) is 4.76. The Morgan fingerprint density at radius 3 is 2.88 bits per heavy atom. The highest BCUT2D eigenvalue weighted by Crippen LogP contribution is 2.41. The third kappa shape index (κ3) is 2.52. The van der Waals surface area contributed by atoms with Gasteiger partial charge in [0.2, 0.25) is 5.91 Å². The van der Waals surface area contributed by atoms with E-state index in [1.165, 1.54) is 6.20 Å². The molecule has 0 bridgehead atoms. The monoisotopic (exact) mass is 370 g/mol. The first-order valence-electron chi connectivity index (χ1n) is 8.14. The summed E-state index contributed by atoms with van der Waals surface area (Å²) in [6.45, 7) is -0.389. The van der Waals surface area contributed by atoms with Gasteiger partial charge in [-0.3, -0.25) is 14.5 Å². The molecule has 1 atom stereocenters. The number of amides is 4. The number of benzene rings is 1. The SMILES string of the molecule is O=C(CN1C(=O)NC2(CCc3ccccc32)C1=O)Nc1cccnc1Cl. The van der Waals surface area contributed by atoms with E-state index < -0.39 is 23.4 Å². The van der Waals surface area contributed by atoms with Gasteiger partial charge in [-0.05, 0) is 36.1 Å². The molecule has 1 aromatic heterocycles. The summed E-state index contributed by atoms with van der Waals surface area (Å²) in [5, 5.41) is 5.49. The molecule has 1 aliphatic carbocycles. The molecule has 132 valence electrons. The second kappa shape index (κ2) is 6.10. The van der Waals surface area contributed by atoms with Crippen molar-refractivity contribution in [2.75, 3.05) is 11.9 Å². The molecule has 2 N–H and O–H groups in total. The molecule has 0 saturated carbocycles. The number of halogens is 1. The largest absolute Gasteiger partial charge is 0.325 e. The van der Waals surface area contributed by atoms with Crippen LogP contribution in [0, 0.1) is 0 Å². The number of rotatable bonds is 3. The van der Waals surface area contributed by atoms with Crippen LogP contribution in [0.15, 0.2) is 42.6 Å². The Labute approximate surface area is 154 Å². The first-order valence-corrected chi connectivity index (χ1v) is 8.52. The van der Waals surface area contributed by atoms with Gasteiger partial charge in [-0.1, -0.05) is 35.9 Å². The Morgan fingerprint density at radius 2 is 2.08 bits per heavy atom. The molecular formula is C18H15ClN4O3. The maximum Gasteiger partial charge on any atom is 0.325 e. The van der Waals surface area contributed by atoms with Crippen molar-refractivity contribution in [3.05, 3.63) is 58.9 Å². The molecule has 1 fully saturated rings. The van der Waals surface area contributed by atoms with Crippen LogP contribution in [0.25, 0.3) is 0 Å². The highest BCUT2D eigenvalue weighted by atomic mass is 35.5. The fourth-order valence-corrected chi connectivity index (χ4v) is 3.71. The van der Waals surface area contributed by atoms with Crippen LogP contribution in [-0.4, -0.2) is 34.3 Å². The Morgan fingerprint density at radius 1 is 1.27 bits per heavy atom. The number of carbonyl (C=O) groups excluding carboxylic acids is 3. The molecule has 1 saturated heterocycles. The second-order valence-corrected chi connectivity index (χ2v) is 6.63. The topological polar surface area (TPSA) is 91.4 Å². The molecule has 26 heavy (non-hydrogen) atoms. The van der Waals surface area contributed by atoms with Crippen molar-refractivity contribution >= 4 is 35.1 Å². The lowest BCUT2D eigenvalue weighted by atomic mass is 9.92. The Balaban J connectivity index is 1.54. The van der Waals surface area contributed by atoms with Gasteiger partial charge >= 0.3 is 6.03 Å². The Kier molecular flexibility index (Phi) is 3.88. The molecule has 2 aliphatic rings. The van der Waals surface area contributed by atoms with Crippen molar-refractivity contribution < 1.29 is 14.4 Å². The highest BCUT2D eigenvalue weighted by molar-refractivity contribution is 6.32. The number of fused-ring (bicyclic) bond motifs is 2. The number of pyridine rings is 1. The van der Waals surface area contributed by atoms with Gasteiger partial charge in [-0.15, -0.1) is 0 Å². The number of hydrogen-bond acceptors (Lipinski definition) is 4. The summed E-state index contributed by atoms with van der Waals surface area (Å²) in [5.41, 5.74) is 1.10. The zero-order chi connectivity index (χ0) is 18.3. The number of imide groups is 1. The van der Waals surface area contributed by atoms with Crippen LogP contribution >= 0.6 is 11.6 Å². The van der Waals surface area contributed by atoms with E-state index >= 15 is 0 Å². The molecule has 7 nitrogen and oxygen atoms in total. The molecular weight excluding hydrogens is 356 g/mol. The zero-order valence-corrected chi connectivity index (χ0v) is 14.4. The quantitative estimate of drug-likeness (QED) is 0.639. The number of nitrogens with one attached hydrogen (secondary N) is 2. The van der Waals surface area contributed by atoms with Crippen LogP contribution < -0.4 is 10.6 Å². The summed E-state index contributed by atoms with van der Waals surface area (Å²) in [6.07, 6.45) is 2.69. The van der Waals surface area contributed by atoms with Crippen LogP contribution in [-0.2, 0) is 21.5 Å². The van der Waals surface area contributed by atoms with E-state index in [9.17, 15) is 14.4 Å². The average molecular weight is 371 g/mol. The summed E-state index contributed by atoms with van der Waals surface area (Å²) in [4.78, 5) is 42.5. The van der Waals surface area contributed by atoms with Gasteiger partial charge in [0, 0.05) is 6.20 Å². The average Bonchev–Trinajstić information content (AvgIpc) is 3.11. The van der Waals surface area contributed by atoms with E-state index in [-0.39, 0.29) is 11.7 Å². The zero-order valence-electron chi connectivity index (χ0n) is 13.7. The molecule has 2 aromatic rings. The van der Waals surface area contributed by atoms with E-state index in [1.807, 2.05) is 24.3 Å². The molecule has 1 unspecified atom stereocenters. The van der Waals surface area contributed by atoms with Crippen LogP contribution in [0.3, 0.4) is 0 Å². The molecule has 4 rings (SSSR count). The number of anilines is 1. The van der Waals surface area contributed by atoms with Gasteiger partial charge < -0.3 is 10.6 Å². The van der Waals surface area contributed by atoms with Gasteiger partial charge in [0.25, 0.3) is 5.91 Å². The van der Waals surface area contributed by atoms with E-state index in [4.69, 9.17) is 11.6 Å². The second-order valence-electron chi connectivity index (χ2n) is 6.27. The molecule has 1 aliphatic heterocycles. The lowest BCUT2D eigenvalue weighted by Crippen LogP contribution is -2.43. The number of carbonyl (C=O) groups is 3. The summed E-state index contributed by atoms with van der Waals surface area (Å²) in [6, 6.07) is 10.2. The molecule has 8 heteroatoms. The Hall–Kier alpha value is -2.93. The number of hydrogen-bond donors (Lipinski definition) is 2. The number of nitrogens with zero attached hydrogens (tertiary/aromatic N) is 2. The lowest BCUT2D eigenvalue weighted by Gasteiger charge is -2.22. The van der Waals surface area contributed by atoms with Gasteiger partial charge in [0.05, 0.1) is 5.69 Å². The minimum atomic E-state index is -1.07. The van der Waals surface area contributed by atoms with Crippen molar-refractivity contribution in [1.29, 1.82) is 0 Å². The molecule has 1 spiro atoms. The normalized spacial score (nSPS) is 21.0. The fourth-order valence-electron chi connectivity index (χ4n) is 3.55. The predicted octanol–water partition coefficient (Wildman–Crippen LogP) is 2.07. The van der Waals surface area contributed by atoms with E-state index in [1.54, 1.807) is 12.1 Å². The van der Waals surface area contributed by atoms with Crippen molar-refractivity contribution in [2.45, 2.75) is 18.4 Å². The number of urea groups is 1. The maximum absolute atomic E-state index is 13.0. The van der Waals surface area contributed by atoms with Crippen LogP contribution in [0.1, 0.15) is 17.5 Å². The van der Waals surface area contributed by atoms with Gasteiger partial charge in [0.1, 0.15) is 12.1 Å². The molecule has 2 heterocycles. The van der Waals surface area contributed by atoms with Crippen LogP contribution in [0.5, 0.6) is 0 Å². The lowest BCUT2D eigenvalue weighted by molar-refractivity contribution is -0.134. The molecule has 4 amide bonds. The van der Waals surface area contributed by atoms with E-state index in [0.717, 1.165) is 16.0 Å².